The molecular formula is C15H17NO4. The predicted molar refractivity (Wildman–Crippen MR) is 71.5 cm³/mol. The third-order valence-corrected chi connectivity index (χ3v) is 4.54. The lowest BCUT2D eigenvalue weighted by atomic mass is 9.97. The molecule has 2 fully saturated rings. The molecule has 1 aromatic rings. The first-order chi connectivity index (χ1) is 9.51. The van der Waals surface area contributed by atoms with E-state index in [-0.39, 0.29) is 5.56 Å². The van der Waals surface area contributed by atoms with E-state index < -0.39 is 17.4 Å². The quantitative estimate of drug-likeness (QED) is 0.874. The number of carboxylic acids is 2. The number of carboxylic acid groups (broad SMARTS) is 2. The van der Waals surface area contributed by atoms with Crippen molar-refractivity contribution in [2.75, 3.05) is 13.1 Å². The summed E-state index contributed by atoms with van der Waals surface area (Å²) in [5, 5.41) is 18.3. The second-order valence-corrected chi connectivity index (χ2v) is 5.87. The van der Waals surface area contributed by atoms with E-state index in [1.807, 2.05) is 6.07 Å². The molecule has 2 unspecified atom stereocenters. The molecule has 0 bridgehead atoms. The molecule has 1 heterocycles. The Labute approximate surface area is 116 Å². The fourth-order valence-electron chi connectivity index (χ4n) is 3.29. The summed E-state index contributed by atoms with van der Waals surface area (Å²) < 4.78 is 0. The van der Waals surface area contributed by atoms with E-state index >= 15 is 0 Å². The molecule has 3 rings (SSSR count). The smallest absolute Gasteiger partial charge is 0.335 e. The van der Waals surface area contributed by atoms with Crippen molar-refractivity contribution in [2.45, 2.75) is 19.4 Å². The molecule has 1 saturated carbocycles. The van der Waals surface area contributed by atoms with Crippen LogP contribution in [0.4, 0.5) is 0 Å². The second kappa shape index (κ2) is 4.59. The number of hydrogen-bond donors (Lipinski definition) is 2. The summed E-state index contributed by atoms with van der Waals surface area (Å²) >= 11 is 0. The van der Waals surface area contributed by atoms with Gasteiger partial charge in [-0.05, 0) is 43.0 Å². The average molecular weight is 275 g/mol. The van der Waals surface area contributed by atoms with Crippen LogP contribution in [0.1, 0.15) is 28.8 Å². The van der Waals surface area contributed by atoms with Gasteiger partial charge in [0.2, 0.25) is 0 Å². The van der Waals surface area contributed by atoms with Crippen LogP contribution in [0.5, 0.6) is 0 Å². The van der Waals surface area contributed by atoms with Crippen molar-refractivity contribution in [3.05, 3.63) is 35.4 Å². The van der Waals surface area contributed by atoms with E-state index in [0.717, 1.165) is 24.9 Å². The molecule has 0 radical (unpaired) electrons. The maximum atomic E-state index is 11.4. The van der Waals surface area contributed by atoms with Crippen LogP contribution in [0.25, 0.3) is 0 Å². The van der Waals surface area contributed by atoms with Gasteiger partial charge in [-0.1, -0.05) is 12.1 Å². The Balaban J connectivity index is 1.71. The molecule has 2 atom stereocenters. The zero-order valence-electron chi connectivity index (χ0n) is 11.1. The Morgan fingerprint density at radius 3 is 2.85 bits per heavy atom. The number of nitrogens with zero attached hydrogens (tertiary/aromatic N) is 1. The van der Waals surface area contributed by atoms with Crippen LogP contribution in [0.3, 0.4) is 0 Å². The summed E-state index contributed by atoms with van der Waals surface area (Å²) in [6.07, 6.45) is 1.71. The van der Waals surface area contributed by atoms with Crippen molar-refractivity contribution in [1.82, 2.24) is 4.90 Å². The summed E-state index contributed by atoms with van der Waals surface area (Å²) in [6, 6.07) is 6.85. The zero-order chi connectivity index (χ0) is 14.3. The van der Waals surface area contributed by atoms with Crippen molar-refractivity contribution in [1.29, 1.82) is 0 Å². The normalized spacial score (nSPS) is 28.7. The molecule has 1 aliphatic carbocycles. The maximum Gasteiger partial charge on any atom is 0.335 e. The molecule has 1 aliphatic heterocycles. The van der Waals surface area contributed by atoms with Gasteiger partial charge >= 0.3 is 11.9 Å². The maximum absolute atomic E-state index is 11.4. The number of hydrogen-bond acceptors (Lipinski definition) is 3. The van der Waals surface area contributed by atoms with E-state index in [0.29, 0.717) is 19.0 Å². The minimum absolute atomic E-state index is 0.275. The van der Waals surface area contributed by atoms with Crippen LogP contribution in [-0.2, 0) is 11.3 Å². The van der Waals surface area contributed by atoms with Crippen molar-refractivity contribution in [2.24, 2.45) is 11.3 Å². The van der Waals surface area contributed by atoms with Crippen molar-refractivity contribution in [3.8, 4) is 0 Å². The molecule has 0 aromatic heterocycles. The largest absolute Gasteiger partial charge is 0.481 e. The highest BCUT2D eigenvalue weighted by Gasteiger charge is 2.62. The topological polar surface area (TPSA) is 77.8 Å². The number of piperidine rings is 1. The summed E-state index contributed by atoms with van der Waals surface area (Å²) in [5.74, 6) is -1.29. The average Bonchev–Trinajstić information content (AvgIpc) is 3.14. The van der Waals surface area contributed by atoms with Gasteiger partial charge in [0, 0.05) is 13.1 Å². The van der Waals surface area contributed by atoms with Gasteiger partial charge in [0.1, 0.15) is 0 Å². The van der Waals surface area contributed by atoms with Gasteiger partial charge < -0.3 is 10.2 Å². The Hall–Kier alpha value is -1.88. The van der Waals surface area contributed by atoms with Gasteiger partial charge in [-0.25, -0.2) is 4.79 Å². The first kappa shape index (κ1) is 13.1. The fraction of sp³-hybridized carbons (Fsp3) is 0.467. The molecule has 5 heteroatoms. The summed E-state index contributed by atoms with van der Waals surface area (Å²) in [4.78, 5) is 24.4. The standard InChI is InChI=1S/C15H17NO4/c17-13(18)11-3-1-2-10(6-11)8-16-5-4-12-7-15(12,9-16)14(19)20/h1-3,6,12H,4-5,7-9H2,(H,17,18)(H,19,20). The summed E-state index contributed by atoms with van der Waals surface area (Å²) in [7, 11) is 0. The minimum atomic E-state index is -0.935. The second-order valence-electron chi connectivity index (χ2n) is 5.87. The van der Waals surface area contributed by atoms with Gasteiger partial charge in [-0.3, -0.25) is 9.69 Å². The molecule has 106 valence electrons. The highest BCUT2D eigenvalue weighted by molar-refractivity contribution is 5.87. The van der Waals surface area contributed by atoms with E-state index in [2.05, 4.69) is 4.90 Å². The van der Waals surface area contributed by atoms with Gasteiger partial charge in [0.25, 0.3) is 0 Å². The Kier molecular flexibility index (Phi) is 3.01. The summed E-state index contributed by atoms with van der Waals surface area (Å²) in [6.45, 7) is 2.07. The van der Waals surface area contributed by atoms with Gasteiger partial charge in [0.05, 0.1) is 11.0 Å². The van der Waals surface area contributed by atoms with Crippen molar-refractivity contribution < 1.29 is 19.8 Å². The lowest BCUT2D eigenvalue weighted by Crippen LogP contribution is -2.40. The molecule has 0 amide bonds. The number of aliphatic carboxylic acids is 1. The fourth-order valence-corrected chi connectivity index (χ4v) is 3.29. The SMILES string of the molecule is O=C(O)c1cccc(CN2CCC3CC3(C(=O)O)C2)c1. The molecule has 0 spiro atoms. The van der Waals surface area contributed by atoms with Crippen molar-refractivity contribution >= 4 is 11.9 Å². The first-order valence-corrected chi connectivity index (χ1v) is 6.79. The van der Waals surface area contributed by atoms with Crippen LogP contribution in [0.15, 0.2) is 24.3 Å². The van der Waals surface area contributed by atoms with Gasteiger partial charge in [-0.2, -0.15) is 0 Å². The van der Waals surface area contributed by atoms with E-state index in [9.17, 15) is 14.7 Å². The van der Waals surface area contributed by atoms with Crippen LogP contribution in [0, 0.1) is 11.3 Å². The molecule has 5 nitrogen and oxygen atoms in total. The molecule has 20 heavy (non-hydrogen) atoms. The summed E-state index contributed by atoms with van der Waals surface area (Å²) in [5.41, 5.74) is 0.657. The Morgan fingerprint density at radius 1 is 1.35 bits per heavy atom. The number of fused-ring (bicyclic) bond motifs is 1. The van der Waals surface area contributed by atoms with Gasteiger partial charge in [-0.15, -0.1) is 0 Å². The van der Waals surface area contributed by atoms with Gasteiger partial charge in [0.15, 0.2) is 0 Å². The Bertz CT molecular complexity index is 571. The van der Waals surface area contributed by atoms with Crippen LogP contribution < -0.4 is 0 Å². The monoisotopic (exact) mass is 275 g/mol. The third kappa shape index (κ3) is 2.18. The molecule has 2 aliphatic rings. The van der Waals surface area contributed by atoms with Crippen LogP contribution in [0.2, 0.25) is 0 Å². The van der Waals surface area contributed by atoms with Crippen molar-refractivity contribution in [3.63, 3.8) is 0 Å². The number of rotatable bonds is 4. The molecule has 2 N–H and O–H groups in total. The van der Waals surface area contributed by atoms with E-state index in [1.165, 1.54) is 0 Å². The highest BCUT2D eigenvalue weighted by atomic mass is 16.4. The number of benzene rings is 1. The number of likely N-dealkylation sites (tertiary alicyclic amines) is 1. The zero-order valence-corrected chi connectivity index (χ0v) is 11.1. The predicted octanol–water partition coefficient (Wildman–Crippen LogP) is 1.68. The molecule has 1 aromatic carbocycles. The lowest BCUT2D eigenvalue weighted by Gasteiger charge is -2.30. The van der Waals surface area contributed by atoms with Crippen LogP contribution in [-0.4, -0.2) is 40.1 Å². The number of carbonyl (C=O) groups is 2. The number of aromatic carboxylic acids is 1. The molecular weight excluding hydrogens is 258 g/mol. The highest BCUT2D eigenvalue weighted by Crippen LogP contribution is 2.57. The first-order valence-electron chi connectivity index (χ1n) is 6.79. The van der Waals surface area contributed by atoms with E-state index in [4.69, 9.17) is 5.11 Å². The molecule has 1 saturated heterocycles. The van der Waals surface area contributed by atoms with E-state index in [1.54, 1.807) is 18.2 Å². The Morgan fingerprint density at radius 2 is 2.15 bits per heavy atom. The third-order valence-electron chi connectivity index (χ3n) is 4.54. The minimum Gasteiger partial charge on any atom is -0.481 e. The lowest BCUT2D eigenvalue weighted by molar-refractivity contribution is -0.145. The van der Waals surface area contributed by atoms with Crippen LogP contribution >= 0.6 is 0 Å².